The van der Waals surface area contributed by atoms with Crippen molar-refractivity contribution in [2.24, 2.45) is 0 Å². The predicted molar refractivity (Wildman–Crippen MR) is 171 cm³/mol. The first-order valence-corrected chi connectivity index (χ1v) is 14.3. The maximum absolute atomic E-state index is 14.3. The number of benzene rings is 4. The Hall–Kier alpha value is -4.23. The van der Waals surface area contributed by atoms with E-state index in [0.29, 0.717) is 28.2 Å². The fourth-order valence-electron chi connectivity index (χ4n) is 4.87. The molecule has 0 unspecified atom stereocenters. The standard InChI is InChI=1S/C19H21FO3.C18H21FO2/c1-19(2,3)16-10-12(18(21)23-5)6-8-14(16)15-11-13(22-4)7-9-17(15)20;1-18(2,3)16-9-12(11-20)5-7-14(16)15-10-13(21-4)6-8-17(15)19/h6-11H,1-5H3;5-10,20H,11H2,1-4H3. The summed E-state index contributed by atoms with van der Waals surface area (Å²) in [5.41, 5.74) is 5.25. The molecule has 0 saturated carbocycles. The monoisotopic (exact) mass is 604 g/mol. The first-order valence-electron chi connectivity index (χ1n) is 14.3. The fraction of sp³-hybridized carbons (Fsp3) is 0.324. The quantitative estimate of drug-likeness (QED) is 0.223. The maximum Gasteiger partial charge on any atom is 0.337 e. The van der Waals surface area contributed by atoms with Crippen molar-refractivity contribution < 1.29 is 32.9 Å². The second-order valence-corrected chi connectivity index (χ2v) is 12.5. The van der Waals surface area contributed by atoms with Gasteiger partial charge in [0.1, 0.15) is 23.1 Å². The summed E-state index contributed by atoms with van der Waals surface area (Å²) in [6, 6.07) is 20.2. The number of rotatable bonds is 6. The van der Waals surface area contributed by atoms with Crippen LogP contribution in [0.1, 0.15) is 68.6 Å². The average Bonchev–Trinajstić information content (AvgIpc) is 3.00. The van der Waals surface area contributed by atoms with Gasteiger partial charge in [-0.2, -0.15) is 0 Å². The van der Waals surface area contributed by atoms with Gasteiger partial charge >= 0.3 is 5.97 Å². The zero-order valence-electron chi connectivity index (χ0n) is 27.0. The van der Waals surface area contributed by atoms with E-state index in [2.05, 4.69) is 20.8 Å². The summed E-state index contributed by atoms with van der Waals surface area (Å²) in [6.07, 6.45) is 0. The van der Waals surface area contributed by atoms with Crippen LogP contribution in [-0.4, -0.2) is 32.4 Å². The predicted octanol–water partition coefficient (Wildman–Crippen LogP) is 8.88. The topological polar surface area (TPSA) is 65.0 Å². The fourth-order valence-corrected chi connectivity index (χ4v) is 4.87. The summed E-state index contributed by atoms with van der Waals surface area (Å²) in [5, 5.41) is 9.33. The molecular weight excluding hydrogens is 562 g/mol. The van der Waals surface area contributed by atoms with E-state index in [4.69, 9.17) is 14.2 Å². The molecule has 4 rings (SSSR count). The van der Waals surface area contributed by atoms with Crippen LogP contribution in [0.25, 0.3) is 22.3 Å². The summed E-state index contributed by atoms with van der Waals surface area (Å²) >= 11 is 0. The molecule has 5 nitrogen and oxygen atoms in total. The molecule has 4 aromatic rings. The molecule has 0 bridgehead atoms. The van der Waals surface area contributed by atoms with Crippen LogP contribution in [0.5, 0.6) is 11.5 Å². The zero-order chi connectivity index (χ0) is 32.8. The molecule has 0 atom stereocenters. The van der Waals surface area contributed by atoms with Gasteiger partial charge < -0.3 is 19.3 Å². The molecule has 0 aliphatic rings. The summed E-state index contributed by atoms with van der Waals surface area (Å²) in [5.74, 6) is 0.184. The van der Waals surface area contributed by atoms with Crippen molar-refractivity contribution in [3.63, 3.8) is 0 Å². The minimum atomic E-state index is -0.409. The van der Waals surface area contributed by atoms with Gasteiger partial charge in [-0.05, 0) is 87.2 Å². The van der Waals surface area contributed by atoms with Crippen LogP contribution >= 0.6 is 0 Å². The van der Waals surface area contributed by atoms with Crippen molar-refractivity contribution in [3.8, 4) is 33.8 Å². The largest absolute Gasteiger partial charge is 0.497 e. The Kier molecular flexibility index (Phi) is 10.9. The molecule has 4 aromatic carbocycles. The van der Waals surface area contributed by atoms with Crippen LogP contribution in [0.4, 0.5) is 8.78 Å². The number of carbonyl (C=O) groups is 1. The molecular formula is C37H42F2O5. The third-order valence-corrected chi connectivity index (χ3v) is 7.25. The number of ether oxygens (including phenoxy) is 3. The molecule has 0 aromatic heterocycles. The minimum Gasteiger partial charge on any atom is -0.497 e. The lowest BCUT2D eigenvalue weighted by atomic mass is 9.81. The SMILES string of the molecule is COC(=O)c1ccc(-c2cc(OC)ccc2F)c(C(C)(C)C)c1.COc1ccc(F)c(-c2ccc(CO)cc2C(C)(C)C)c1. The van der Waals surface area contributed by atoms with Crippen LogP contribution < -0.4 is 9.47 Å². The Morgan fingerprint density at radius 2 is 1.09 bits per heavy atom. The number of carbonyl (C=O) groups excluding carboxylic acids is 1. The molecule has 0 aliphatic carbocycles. The molecule has 0 heterocycles. The first kappa shape index (κ1) is 34.3. The van der Waals surface area contributed by atoms with E-state index in [1.807, 2.05) is 39.0 Å². The van der Waals surface area contributed by atoms with Crippen LogP contribution in [0, 0.1) is 11.6 Å². The molecule has 0 amide bonds. The zero-order valence-corrected chi connectivity index (χ0v) is 27.0. The highest BCUT2D eigenvalue weighted by Gasteiger charge is 2.23. The van der Waals surface area contributed by atoms with Crippen molar-refractivity contribution in [2.45, 2.75) is 59.0 Å². The normalized spacial score (nSPS) is 11.4. The first-order chi connectivity index (χ1) is 20.6. The Labute approximate surface area is 259 Å². The molecule has 0 fully saturated rings. The number of methoxy groups -OCH3 is 3. The van der Waals surface area contributed by atoms with E-state index in [-0.39, 0.29) is 29.1 Å². The highest BCUT2D eigenvalue weighted by molar-refractivity contribution is 5.91. The van der Waals surface area contributed by atoms with Crippen LogP contribution in [-0.2, 0) is 22.2 Å². The van der Waals surface area contributed by atoms with Crippen LogP contribution in [0.3, 0.4) is 0 Å². The number of hydrogen-bond acceptors (Lipinski definition) is 5. The Morgan fingerprint density at radius 3 is 1.50 bits per heavy atom. The van der Waals surface area contributed by atoms with Gasteiger partial charge in [-0.15, -0.1) is 0 Å². The van der Waals surface area contributed by atoms with Gasteiger partial charge in [0.2, 0.25) is 0 Å². The molecule has 234 valence electrons. The van der Waals surface area contributed by atoms with Crippen LogP contribution in [0.15, 0.2) is 72.8 Å². The molecule has 7 heteroatoms. The molecule has 1 N–H and O–H groups in total. The lowest BCUT2D eigenvalue weighted by Crippen LogP contribution is -2.15. The van der Waals surface area contributed by atoms with Crippen molar-refractivity contribution in [3.05, 3.63) is 107 Å². The van der Waals surface area contributed by atoms with E-state index >= 15 is 0 Å². The van der Waals surface area contributed by atoms with Gasteiger partial charge in [0, 0.05) is 11.1 Å². The highest BCUT2D eigenvalue weighted by atomic mass is 19.1. The second kappa shape index (κ2) is 14.0. The summed E-state index contributed by atoms with van der Waals surface area (Å²) in [6.45, 7) is 12.3. The van der Waals surface area contributed by atoms with E-state index in [9.17, 15) is 18.7 Å². The lowest BCUT2D eigenvalue weighted by Gasteiger charge is -2.24. The van der Waals surface area contributed by atoms with Gasteiger partial charge in [-0.3, -0.25) is 0 Å². The van der Waals surface area contributed by atoms with Gasteiger partial charge in [0.05, 0.1) is 33.5 Å². The number of hydrogen-bond donors (Lipinski definition) is 1. The maximum atomic E-state index is 14.3. The highest BCUT2D eigenvalue weighted by Crippen LogP contribution is 2.38. The van der Waals surface area contributed by atoms with Gasteiger partial charge in [0.15, 0.2) is 0 Å². The molecule has 0 radical (unpaired) electrons. The third kappa shape index (κ3) is 8.03. The molecule has 0 aliphatic heterocycles. The Balaban J connectivity index is 0.000000241. The lowest BCUT2D eigenvalue weighted by molar-refractivity contribution is 0.0600. The van der Waals surface area contributed by atoms with E-state index in [1.54, 1.807) is 56.7 Å². The number of halogens is 2. The summed E-state index contributed by atoms with van der Waals surface area (Å²) in [4.78, 5) is 11.8. The van der Waals surface area contributed by atoms with Crippen LogP contribution in [0.2, 0.25) is 0 Å². The Morgan fingerprint density at radius 1 is 0.636 bits per heavy atom. The second-order valence-electron chi connectivity index (χ2n) is 12.5. The van der Waals surface area contributed by atoms with E-state index in [1.165, 1.54) is 19.2 Å². The van der Waals surface area contributed by atoms with Crippen molar-refractivity contribution in [2.75, 3.05) is 21.3 Å². The number of esters is 1. The van der Waals surface area contributed by atoms with E-state index in [0.717, 1.165) is 27.8 Å². The van der Waals surface area contributed by atoms with E-state index < -0.39 is 5.97 Å². The number of aliphatic hydroxyl groups is 1. The van der Waals surface area contributed by atoms with Gasteiger partial charge in [-0.1, -0.05) is 65.8 Å². The van der Waals surface area contributed by atoms with Crippen molar-refractivity contribution >= 4 is 5.97 Å². The smallest absolute Gasteiger partial charge is 0.337 e. The van der Waals surface area contributed by atoms with Crippen molar-refractivity contribution in [1.29, 1.82) is 0 Å². The molecule has 0 saturated heterocycles. The molecule has 44 heavy (non-hydrogen) atoms. The summed E-state index contributed by atoms with van der Waals surface area (Å²) < 4.78 is 43.7. The Bertz CT molecular complexity index is 1610. The molecule has 0 spiro atoms. The summed E-state index contributed by atoms with van der Waals surface area (Å²) in [7, 11) is 4.45. The average molecular weight is 605 g/mol. The number of aliphatic hydroxyl groups excluding tert-OH is 1. The van der Waals surface area contributed by atoms with Gasteiger partial charge in [0.25, 0.3) is 0 Å². The van der Waals surface area contributed by atoms with Gasteiger partial charge in [-0.25, -0.2) is 13.6 Å². The third-order valence-electron chi connectivity index (χ3n) is 7.25. The minimum absolute atomic E-state index is 0.0239. The van der Waals surface area contributed by atoms with Crippen molar-refractivity contribution in [1.82, 2.24) is 0 Å².